The minimum atomic E-state index is -3.56. The van der Waals surface area contributed by atoms with Gasteiger partial charge in [-0.25, -0.2) is 13.1 Å². The van der Waals surface area contributed by atoms with Crippen molar-refractivity contribution in [3.8, 4) is 11.5 Å². The molecule has 8 heteroatoms. The van der Waals surface area contributed by atoms with Crippen LogP contribution < -0.4 is 10.0 Å². The minimum Gasteiger partial charge on any atom is -0.334 e. The van der Waals surface area contributed by atoms with E-state index in [-0.39, 0.29) is 17.0 Å². The van der Waals surface area contributed by atoms with E-state index in [1.165, 1.54) is 12.1 Å². The number of nitrogens with one attached hydrogen (secondary N) is 2. The van der Waals surface area contributed by atoms with Crippen LogP contribution in [0.3, 0.4) is 0 Å². The van der Waals surface area contributed by atoms with Gasteiger partial charge in [0.25, 0.3) is 5.89 Å². The molecule has 0 saturated carbocycles. The van der Waals surface area contributed by atoms with Gasteiger partial charge < -0.3 is 9.84 Å². The van der Waals surface area contributed by atoms with Crippen LogP contribution in [0.5, 0.6) is 0 Å². The second-order valence-electron chi connectivity index (χ2n) is 5.71. The van der Waals surface area contributed by atoms with Gasteiger partial charge in [0, 0.05) is 24.1 Å². The lowest BCUT2D eigenvalue weighted by molar-refractivity contribution is 0.418. The van der Waals surface area contributed by atoms with E-state index in [0.717, 1.165) is 0 Å². The summed E-state index contributed by atoms with van der Waals surface area (Å²) in [6.07, 6.45) is 0.632. The zero-order chi connectivity index (χ0) is 17.0. The number of aromatic nitrogens is 2. The lowest BCUT2D eigenvalue weighted by atomic mass is 10.2. The van der Waals surface area contributed by atoms with Crippen LogP contribution in [0, 0.1) is 0 Å². The molecule has 0 saturated heterocycles. The summed E-state index contributed by atoms with van der Waals surface area (Å²) in [5, 5.41) is 7.03. The highest BCUT2D eigenvalue weighted by atomic mass is 32.2. The molecule has 7 nitrogen and oxygen atoms in total. The van der Waals surface area contributed by atoms with E-state index in [0.29, 0.717) is 23.7 Å². The Bertz CT molecular complexity index is 756. The molecule has 0 spiro atoms. The van der Waals surface area contributed by atoms with E-state index >= 15 is 0 Å². The largest absolute Gasteiger partial charge is 0.334 e. The highest BCUT2D eigenvalue weighted by Gasteiger charge is 2.18. The first-order valence-electron chi connectivity index (χ1n) is 7.44. The Labute approximate surface area is 136 Å². The monoisotopic (exact) mass is 338 g/mol. The van der Waals surface area contributed by atoms with Crippen LogP contribution in [0.2, 0.25) is 0 Å². The average Bonchev–Trinajstić information content (AvgIpc) is 2.94. The van der Waals surface area contributed by atoms with Crippen LogP contribution in [0.15, 0.2) is 33.7 Å². The molecule has 1 unspecified atom stereocenters. The molecule has 1 atom stereocenters. The Hall–Kier alpha value is -1.77. The molecule has 0 bridgehead atoms. The van der Waals surface area contributed by atoms with Crippen LogP contribution in [-0.4, -0.2) is 37.7 Å². The highest BCUT2D eigenvalue weighted by molar-refractivity contribution is 7.89. The van der Waals surface area contributed by atoms with Gasteiger partial charge in [0.05, 0.1) is 4.90 Å². The summed E-state index contributed by atoms with van der Waals surface area (Å²) in [6.45, 7) is 5.56. The summed E-state index contributed by atoms with van der Waals surface area (Å²) < 4.78 is 32.3. The fourth-order valence-corrected chi connectivity index (χ4v) is 3.30. The van der Waals surface area contributed by atoms with Gasteiger partial charge in [0.1, 0.15) is 0 Å². The Morgan fingerprint density at radius 1 is 1.26 bits per heavy atom. The van der Waals surface area contributed by atoms with Crippen LogP contribution in [0.1, 0.15) is 26.6 Å². The number of nitrogens with zero attached hydrogens (tertiary/aromatic N) is 2. The summed E-state index contributed by atoms with van der Waals surface area (Å²) >= 11 is 0. The molecule has 2 rings (SSSR count). The predicted octanol–water partition coefficient (Wildman–Crippen LogP) is 1.57. The van der Waals surface area contributed by atoms with Crippen molar-refractivity contribution >= 4 is 10.0 Å². The molecular weight excluding hydrogens is 316 g/mol. The zero-order valence-corrected chi connectivity index (χ0v) is 14.5. The summed E-state index contributed by atoms with van der Waals surface area (Å²) in [4.78, 5) is 4.49. The molecule has 0 aliphatic heterocycles. The lowest BCUT2D eigenvalue weighted by Crippen LogP contribution is -2.30. The topological polar surface area (TPSA) is 97.1 Å². The van der Waals surface area contributed by atoms with Crippen molar-refractivity contribution in [3.05, 3.63) is 30.1 Å². The molecule has 0 aliphatic carbocycles. The molecule has 23 heavy (non-hydrogen) atoms. The van der Waals surface area contributed by atoms with E-state index in [2.05, 4.69) is 20.2 Å². The standard InChI is InChI=1S/C15H22N4O3S/c1-10(2)19-23(20,21)13-7-5-6-12(9-13)15-17-14(18-22-15)8-11(3)16-4/h5-7,9-11,16,19H,8H2,1-4H3. The zero-order valence-electron chi connectivity index (χ0n) is 13.7. The fourth-order valence-electron chi connectivity index (χ4n) is 2.00. The van der Waals surface area contributed by atoms with E-state index < -0.39 is 10.0 Å². The molecule has 0 fully saturated rings. The van der Waals surface area contributed by atoms with Crippen molar-refractivity contribution < 1.29 is 12.9 Å². The smallest absolute Gasteiger partial charge is 0.257 e. The van der Waals surface area contributed by atoms with Gasteiger partial charge in [-0.15, -0.1) is 0 Å². The summed E-state index contributed by atoms with van der Waals surface area (Å²) in [7, 11) is -1.69. The van der Waals surface area contributed by atoms with Crippen LogP contribution in [-0.2, 0) is 16.4 Å². The minimum absolute atomic E-state index is 0.173. The van der Waals surface area contributed by atoms with Crippen molar-refractivity contribution in [2.45, 2.75) is 44.2 Å². The average molecular weight is 338 g/mol. The maximum atomic E-state index is 12.2. The maximum Gasteiger partial charge on any atom is 0.257 e. The first-order valence-corrected chi connectivity index (χ1v) is 8.92. The van der Waals surface area contributed by atoms with E-state index in [9.17, 15) is 8.42 Å². The SMILES string of the molecule is CNC(C)Cc1noc(-c2cccc(S(=O)(=O)NC(C)C)c2)n1. The molecule has 0 amide bonds. The molecule has 1 heterocycles. The fraction of sp³-hybridized carbons (Fsp3) is 0.467. The van der Waals surface area contributed by atoms with Crippen LogP contribution in [0.25, 0.3) is 11.5 Å². The number of rotatable bonds is 7. The van der Waals surface area contributed by atoms with Crippen molar-refractivity contribution in [2.24, 2.45) is 0 Å². The quantitative estimate of drug-likeness (QED) is 0.795. The second kappa shape index (κ2) is 7.20. The first-order chi connectivity index (χ1) is 10.8. The van der Waals surface area contributed by atoms with Crippen molar-refractivity contribution in [1.29, 1.82) is 0 Å². The van der Waals surface area contributed by atoms with Crippen LogP contribution in [0.4, 0.5) is 0 Å². The normalized spacial score (nSPS) is 13.4. The van der Waals surface area contributed by atoms with Crippen molar-refractivity contribution in [2.75, 3.05) is 7.05 Å². The summed E-state index contributed by atoms with van der Waals surface area (Å²) in [5.74, 6) is 0.889. The Morgan fingerprint density at radius 3 is 2.65 bits per heavy atom. The number of likely N-dealkylation sites (N-methyl/N-ethyl adjacent to an activating group) is 1. The third-order valence-corrected chi connectivity index (χ3v) is 4.89. The molecular formula is C15H22N4O3S. The highest BCUT2D eigenvalue weighted by Crippen LogP contribution is 2.21. The molecule has 0 radical (unpaired) electrons. The molecule has 126 valence electrons. The second-order valence-corrected chi connectivity index (χ2v) is 7.43. The van der Waals surface area contributed by atoms with Crippen molar-refractivity contribution in [3.63, 3.8) is 0 Å². The third kappa shape index (κ3) is 4.60. The predicted molar refractivity (Wildman–Crippen MR) is 87.4 cm³/mol. The summed E-state index contributed by atoms with van der Waals surface area (Å²) in [5.41, 5.74) is 0.576. The molecule has 0 aliphatic rings. The van der Waals surface area contributed by atoms with E-state index in [1.54, 1.807) is 26.0 Å². The van der Waals surface area contributed by atoms with E-state index in [1.807, 2.05) is 14.0 Å². The van der Waals surface area contributed by atoms with Gasteiger partial charge in [-0.1, -0.05) is 11.2 Å². The molecule has 1 aromatic carbocycles. The van der Waals surface area contributed by atoms with Gasteiger partial charge in [0.2, 0.25) is 10.0 Å². The third-order valence-electron chi connectivity index (χ3n) is 3.23. The first kappa shape index (κ1) is 17.6. The van der Waals surface area contributed by atoms with Gasteiger partial charge in [-0.2, -0.15) is 4.98 Å². The number of sulfonamides is 1. The number of hydrogen-bond donors (Lipinski definition) is 2. The number of hydrogen-bond acceptors (Lipinski definition) is 6. The van der Waals surface area contributed by atoms with Crippen molar-refractivity contribution in [1.82, 2.24) is 20.2 Å². The van der Waals surface area contributed by atoms with Gasteiger partial charge in [-0.05, 0) is 46.0 Å². The van der Waals surface area contributed by atoms with Gasteiger partial charge in [-0.3, -0.25) is 0 Å². The summed E-state index contributed by atoms with van der Waals surface area (Å²) in [6, 6.07) is 6.51. The van der Waals surface area contributed by atoms with Gasteiger partial charge in [0.15, 0.2) is 5.82 Å². The Morgan fingerprint density at radius 2 is 2.00 bits per heavy atom. The Balaban J connectivity index is 2.27. The van der Waals surface area contributed by atoms with Crippen LogP contribution >= 0.6 is 0 Å². The molecule has 2 aromatic rings. The number of benzene rings is 1. The Kier molecular flexibility index (Phi) is 5.51. The molecule has 1 aromatic heterocycles. The molecule has 2 N–H and O–H groups in total. The van der Waals surface area contributed by atoms with E-state index in [4.69, 9.17) is 4.52 Å². The lowest BCUT2D eigenvalue weighted by Gasteiger charge is -2.09. The maximum absolute atomic E-state index is 12.2. The van der Waals surface area contributed by atoms with Gasteiger partial charge >= 0.3 is 0 Å².